The summed E-state index contributed by atoms with van der Waals surface area (Å²) < 4.78 is 5.35. The molecule has 0 N–H and O–H groups in total. The molecule has 1 aromatic rings. The van der Waals surface area contributed by atoms with E-state index in [1.54, 1.807) is 0 Å². The number of rotatable bonds is 2. The van der Waals surface area contributed by atoms with Crippen molar-refractivity contribution in [2.75, 3.05) is 0 Å². The van der Waals surface area contributed by atoms with E-state index in [4.69, 9.17) is 9.68 Å². The molecule has 0 unspecified atom stereocenters. The molecule has 0 fully saturated rings. The van der Waals surface area contributed by atoms with Crippen LogP contribution in [0.15, 0.2) is 23.6 Å². The summed E-state index contributed by atoms with van der Waals surface area (Å²) in [5, 5.41) is 8.66. The number of nitriles is 1. The molecule has 80 valence electrons. The molecule has 0 aliphatic carbocycles. The van der Waals surface area contributed by atoms with Crippen molar-refractivity contribution in [3.63, 3.8) is 0 Å². The molecule has 0 saturated carbocycles. The van der Waals surface area contributed by atoms with Gasteiger partial charge in [-0.05, 0) is 25.5 Å². The van der Waals surface area contributed by atoms with Crippen LogP contribution < -0.4 is 0 Å². The van der Waals surface area contributed by atoms with E-state index in [0.29, 0.717) is 11.3 Å². The minimum absolute atomic E-state index is 0.339. The van der Waals surface area contributed by atoms with E-state index >= 15 is 0 Å². The molecular formula is C13H17NO. The fraction of sp³-hybridized carbons (Fsp3) is 0.308. The van der Waals surface area contributed by atoms with Crippen LogP contribution in [0.2, 0.25) is 0 Å². The number of furan rings is 1. The van der Waals surface area contributed by atoms with Crippen LogP contribution in [0, 0.1) is 18.3 Å². The van der Waals surface area contributed by atoms with Crippen LogP contribution >= 0.6 is 0 Å². The van der Waals surface area contributed by atoms with Gasteiger partial charge in [0.2, 0.25) is 0 Å². The maximum absolute atomic E-state index is 8.66. The summed E-state index contributed by atoms with van der Waals surface area (Å²) in [6.07, 6.45) is 0. The number of nitrogens with zero attached hydrogens (tertiary/aromatic N) is 1. The van der Waals surface area contributed by atoms with E-state index in [9.17, 15) is 0 Å². The monoisotopic (exact) mass is 203 g/mol. The maximum atomic E-state index is 8.66. The molecule has 0 aliphatic rings. The van der Waals surface area contributed by atoms with Crippen LogP contribution in [0.5, 0.6) is 0 Å². The fourth-order valence-electron chi connectivity index (χ4n) is 1.11. The zero-order chi connectivity index (χ0) is 12.0. The standard InChI is InChI=1S/C11H11NO.C2H6/c1-7(2)10-5-9(4)13-11(10)8(3)6-12;1-2/h5H,1,3H2,2,4H3;1-2H3. The number of hydrogen-bond acceptors (Lipinski definition) is 2. The molecule has 0 radical (unpaired) electrons. The van der Waals surface area contributed by atoms with Gasteiger partial charge in [0.15, 0.2) is 5.76 Å². The minimum atomic E-state index is 0.339. The predicted octanol–water partition coefficient (Wildman–Crippen LogP) is 4.18. The first-order valence-corrected chi connectivity index (χ1v) is 4.92. The highest BCUT2D eigenvalue weighted by Gasteiger charge is 2.11. The van der Waals surface area contributed by atoms with Gasteiger partial charge in [-0.3, -0.25) is 0 Å². The highest BCUT2D eigenvalue weighted by molar-refractivity contribution is 5.80. The molecule has 2 heteroatoms. The Hall–Kier alpha value is -1.75. The topological polar surface area (TPSA) is 36.9 Å². The lowest BCUT2D eigenvalue weighted by molar-refractivity contribution is 0.522. The molecule has 0 spiro atoms. The second-order valence-electron chi connectivity index (χ2n) is 2.97. The zero-order valence-electron chi connectivity index (χ0n) is 9.85. The smallest absolute Gasteiger partial charge is 0.151 e. The van der Waals surface area contributed by atoms with Crippen molar-refractivity contribution in [1.82, 2.24) is 0 Å². The van der Waals surface area contributed by atoms with Gasteiger partial charge in [0.25, 0.3) is 0 Å². The Bertz CT molecular complexity index is 405. The third-order valence-electron chi connectivity index (χ3n) is 1.72. The lowest BCUT2D eigenvalue weighted by Gasteiger charge is -1.97. The molecule has 0 atom stereocenters. The molecule has 0 bridgehead atoms. The predicted molar refractivity (Wildman–Crippen MR) is 64.1 cm³/mol. The van der Waals surface area contributed by atoms with Crippen LogP contribution in [0.1, 0.15) is 37.9 Å². The highest BCUT2D eigenvalue weighted by atomic mass is 16.3. The Kier molecular flexibility index (Phi) is 5.19. The van der Waals surface area contributed by atoms with Gasteiger partial charge in [-0.2, -0.15) is 5.26 Å². The average molecular weight is 203 g/mol. The van der Waals surface area contributed by atoms with E-state index in [-0.39, 0.29) is 0 Å². The number of hydrogen-bond donors (Lipinski definition) is 0. The quantitative estimate of drug-likeness (QED) is 0.676. The first-order chi connectivity index (χ1) is 7.06. The molecule has 1 heterocycles. The summed E-state index contributed by atoms with van der Waals surface area (Å²) in [5.41, 5.74) is 2.08. The molecule has 0 saturated heterocycles. The van der Waals surface area contributed by atoms with Gasteiger partial charge < -0.3 is 4.42 Å². The van der Waals surface area contributed by atoms with Crippen LogP contribution in [-0.2, 0) is 0 Å². The molecule has 0 amide bonds. The summed E-state index contributed by atoms with van der Waals surface area (Å²) >= 11 is 0. The zero-order valence-corrected chi connectivity index (χ0v) is 9.85. The maximum Gasteiger partial charge on any atom is 0.151 e. The summed E-state index contributed by atoms with van der Waals surface area (Å²) in [6, 6.07) is 3.82. The van der Waals surface area contributed by atoms with Crippen LogP contribution in [0.4, 0.5) is 0 Å². The van der Waals surface area contributed by atoms with Crippen molar-refractivity contribution in [1.29, 1.82) is 5.26 Å². The second-order valence-corrected chi connectivity index (χ2v) is 2.97. The Morgan fingerprint density at radius 2 is 1.93 bits per heavy atom. The Morgan fingerprint density at radius 3 is 2.33 bits per heavy atom. The largest absolute Gasteiger partial charge is 0.460 e. The molecular weight excluding hydrogens is 186 g/mol. The first-order valence-electron chi connectivity index (χ1n) is 4.92. The summed E-state index contributed by atoms with van der Waals surface area (Å²) in [6.45, 7) is 15.1. The van der Waals surface area contributed by atoms with Crippen molar-refractivity contribution in [2.24, 2.45) is 0 Å². The van der Waals surface area contributed by atoms with Gasteiger partial charge in [-0.25, -0.2) is 0 Å². The Balaban J connectivity index is 0.000000921. The van der Waals surface area contributed by atoms with Gasteiger partial charge in [0.1, 0.15) is 11.8 Å². The van der Waals surface area contributed by atoms with Gasteiger partial charge in [-0.1, -0.05) is 27.0 Å². The van der Waals surface area contributed by atoms with Crippen molar-refractivity contribution in [3.05, 3.63) is 36.3 Å². The number of aryl methyl sites for hydroxylation is 1. The minimum Gasteiger partial charge on any atom is -0.460 e. The van der Waals surface area contributed by atoms with Crippen LogP contribution in [0.25, 0.3) is 11.1 Å². The van der Waals surface area contributed by atoms with Crippen molar-refractivity contribution >= 4 is 11.1 Å². The van der Waals surface area contributed by atoms with Crippen LogP contribution in [0.3, 0.4) is 0 Å². The molecule has 1 aromatic heterocycles. The normalized spacial score (nSPS) is 8.47. The summed E-state index contributed by atoms with van der Waals surface area (Å²) in [5.74, 6) is 1.30. The second kappa shape index (κ2) is 5.87. The van der Waals surface area contributed by atoms with E-state index in [1.165, 1.54) is 0 Å². The van der Waals surface area contributed by atoms with Gasteiger partial charge in [0, 0.05) is 5.56 Å². The van der Waals surface area contributed by atoms with Crippen molar-refractivity contribution < 1.29 is 4.42 Å². The lowest BCUT2D eigenvalue weighted by Crippen LogP contribution is -1.81. The van der Waals surface area contributed by atoms with Gasteiger partial charge >= 0.3 is 0 Å². The number of allylic oxidation sites excluding steroid dienone is 2. The van der Waals surface area contributed by atoms with Gasteiger partial charge in [0.05, 0.1) is 5.57 Å². The third kappa shape index (κ3) is 3.14. The van der Waals surface area contributed by atoms with Crippen molar-refractivity contribution in [2.45, 2.75) is 27.7 Å². The Morgan fingerprint density at radius 1 is 1.40 bits per heavy atom. The molecule has 0 aliphatic heterocycles. The van der Waals surface area contributed by atoms with E-state index in [1.807, 2.05) is 39.8 Å². The highest BCUT2D eigenvalue weighted by Crippen LogP contribution is 2.26. The van der Waals surface area contributed by atoms with Crippen LogP contribution in [-0.4, -0.2) is 0 Å². The lowest BCUT2D eigenvalue weighted by atomic mass is 10.1. The van der Waals surface area contributed by atoms with E-state index in [2.05, 4.69) is 13.2 Å². The SMILES string of the molecule is C=C(C)c1cc(C)oc1C(=C)C#N.CC. The fourth-order valence-corrected chi connectivity index (χ4v) is 1.11. The first kappa shape index (κ1) is 13.2. The summed E-state index contributed by atoms with van der Waals surface area (Å²) in [4.78, 5) is 0. The molecule has 0 aromatic carbocycles. The van der Waals surface area contributed by atoms with Crippen molar-refractivity contribution in [3.8, 4) is 6.07 Å². The average Bonchev–Trinajstić information content (AvgIpc) is 2.62. The van der Waals surface area contributed by atoms with Gasteiger partial charge in [-0.15, -0.1) is 0 Å². The molecule has 15 heavy (non-hydrogen) atoms. The molecule has 2 nitrogen and oxygen atoms in total. The third-order valence-corrected chi connectivity index (χ3v) is 1.72. The summed E-state index contributed by atoms with van der Waals surface area (Å²) in [7, 11) is 0. The molecule has 1 rings (SSSR count). The van der Waals surface area contributed by atoms with E-state index in [0.717, 1.165) is 16.9 Å². The van der Waals surface area contributed by atoms with E-state index < -0.39 is 0 Å². The Labute approximate surface area is 91.5 Å².